The normalized spacial score (nSPS) is 11.7. The molecule has 8 nitrogen and oxygen atoms in total. The van der Waals surface area contributed by atoms with E-state index in [9.17, 15) is 13.2 Å². The van der Waals surface area contributed by atoms with Gasteiger partial charge in [0, 0.05) is 12.5 Å². The predicted octanol–water partition coefficient (Wildman–Crippen LogP) is 5.40. The Morgan fingerprint density at radius 1 is 0.914 bits per heavy atom. The topological polar surface area (TPSA) is 99.0 Å². The van der Waals surface area contributed by atoms with Crippen molar-refractivity contribution in [2.75, 3.05) is 0 Å². The van der Waals surface area contributed by atoms with E-state index in [1.54, 1.807) is 12.2 Å². The Balaban J connectivity index is 1.20. The Hall–Kier alpha value is -4.15. The molecule has 4 rings (SSSR count). The second kappa shape index (κ2) is 11.3. The third-order valence-electron chi connectivity index (χ3n) is 4.92. The Morgan fingerprint density at radius 2 is 1.66 bits per heavy atom. The molecular formula is C24H22F3N5O3. The lowest BCUT2D eigenvalue weighted by molar-refractivity contribution is -0.274. The number of aromatic amines is 1. The molecule has 0 amide bonds. The summed E-state index contributed by atoms with van der Waals surface area (Å²) >= 11 is 0. The number of hydrogen-bond acceptors (Lipinski definition) is 7. The lowest BCUT2D eigenvalue weighted by Crippen LogP contribution is -2.16. The summed E-state index contributed by atoms with van der Waals surface area (Å²) in [5.41, 5.74) is 2.51. The van der Waals surface area contributed by atoms with Crippen molar-refractivity contribution in [1.82, 2.24) is 25.6 Å². The van der Waals surface area contributed by atoms with Crippen LogP contribution >= 0.6 is 0 Å². The van der Waals surface area contributed by atoms with Crippen LogP contribution in [0.25, 0.3) is 12.2 Å². The van der Waals surface area contributed by atoms with Crippen LogP contribution in [0.15, 0.2) is 59.2 Å². The third kappa shape index (κ3) is 7.98. The van der Waals surface area contributed by atoms with Crippen LogP contribution in [0.3, 0.4) is 0 Å². The van der Waals surface area contributed by atoms with Crippen LogP contribution in [-0.2, 0) is 19.4 Å². The highest BCUT2D eigenvalue weighted by molar-refractivity contribution is 5.66. The van der Waals surface area contributed by atoms with E-state index in [1.165, 1.54) is 36.1 Å². The number of oxazole rings is 1. The smallest absolute Gasteiger partial charge is 0.487 e. The number of alkyl halides is 3. The fourth-order valence-electron chi connectivity index (χ4n) is 3.22. The van der Waals surface area contributed by atoms with Gasteiger partial charge in [0.05, 0.1) is 0 Å². The zero-order valence-corrected chi connectivity index (χ0v) is 18.5. The summed E-state index contributed by atoms with van der Waals surface area (Å²) in [4.78, 5) is 4.33. The van der Waals surface area contributed by atoms with E-state index in [0.29, 0.717) is 17.1 Å². The van der Waals surface area contributed by atoms with Crippen molar-refractivity contribution >= 4 is 12.2 Å². The molecular weight excluding hydrogens is 463 g/mol. The summed E-state index contributed by atoms with van der Waals surface area (Å²) in [6.45, 7) is 0.241. The maximum absolute atomic E-state index is 12.2. The molecule has 35 heavy (non-hydrogen) atoms. The van der Waals surface area contributed by atoms with Gasteiger partial charge < -0.3 is 13.9 Å². The Morgan fingerprint density at radius 3 is 2.37 bits per heavy atom. The maximum Gasteiger partial charge on any atom is 0.573 e. The second-order valence-electron chi connectivity index (χ2n) is 7.60. The quantitative estimate of drug-likeness (QED) is 0.284. The van der Waals surface area contributed by atoms with Gasteiger partial charge in [-0.3, -0.25) is 0 Å². The average Bonchev–Trinajstić information content (AvgIpc) is 3.52. The number of aromatic nitrogens is 5. The molecule has 0 fully saturated rings. The van der Waals surface area contributed by atoms with Crippen LogP contribution < -0.4 is 9.47 Å². The number of unbranched alkanes of at least 4 members (excludes halogenated alkanes) is 1. The second-order valence-corrected chi connectivity index (χ2v) is 7.60. The molecule has 0 bridgehead atoms. The number of nitrogens with one attached hydrogen (secondary N) is 1. The van der Waals surface area contributed by atoms with E-state index in [2.05, 4.69) is 30.3 Å². The number of tetrazole rings is 1. The molecule has 0 atom stereocenters. The van der Waals surface area contributed by atoms with E-state index in [-0.39, 0.29) is 12.4 Å². The summed E-state index contributed by atoms with van der Waals surface area (Å²) in [6.07, 6.45) is 3.84. The summed E-state index contributed by atoms with van der Waals surface area (Å²) < 4.78 is 51.7. The minimum Gasteiger partial charge on any atom is -0.487 e. The lowest BCUT2D eigenvalue weighted by Gasteiger charge is -2.08. The van der Waals surface area contributed by atoms with E-state index in [0.717, 1.165) is 37.3 Å². The van der Waals surface area contributed by atoms with Gasteiger partial charge in [-0.15, -0.1) is 23.4 Å². The molecule has 0 aliphatic heterocycles. The van der Waals surface area contributed by atoms with E-state index in [1.807, 2.05) is 24.3 Å². The van der Waals surface area contributed by atoms with E-state index < -0.39 is 6.36 Å². The third-order valence-corrected chi connectivity index (χ3v) is 4.92. The summed E-state index contributed by atoms with van der Waals surface area (Å²) in [5, 5.41) is 13.9. The fourth-order valence-corrected chi connectivity index (χ4v) is 3.22. The van der Waals surface area contributed by atoms with E-state index >= 15 is 0 Å². The number of benzene rings is 2. The summed E-state index contributed by atoms with van der Waals surface area (Å²) in [6, 6.07) is 13.4. The molecule has 11 heteroatoms. The van der Waals surface area contributed by atoms with E-state index in [4.69, 9.17) is 9.15 Å². The molecule has 0 radical (unpaired) electrons. The van der Waals surface area contributed by atoms with Crippen LogP contribution in [0.5, 0.6) is 11.5 Å². The summed E-state index contributed by atoms with van der Waals surface area (Å²) in [5.74, 6) is 1.53. The Kier molecular flexibility index (Phi) is 7.76. The predicted molar refractivity (Wildman–Crippen MR) is 120 cm³/mol. The first-order valence-electron chi connectivity index (χ1n) is 10.9. The molecule has 0 saturated heterocycles. The average molecular weight is 485 g/mol. The number of ether oxygens (including phenoxy) is 2. The van der Waals surface area contributed by atoms with Crippen molar-refractivity contribution < 1.29 is 27.1 Å². The van der Waals surface area contributed by atoms with Crippen molar-refractivity contribution in [1.29, 1.82) is 0 Å². The Bertz CT molecular complexity index is 1200. The largest absolute Gasteiger partial charge is 0.573 e. The number of halogens is 3. The van der Waals surface area contributed by atoms with Crippen molar-refractivity contribution in [2.24, 2.45) is 0 Å². The molecule has 2 heterocycles. The monoisotopic (exact) mass is 485 g/mol. The van der Waals surface area contributed by atoms with Crippen LogP contribution in [0.2, 0.25) is 0 Å². The molecule has 0 spiro atoms. The standard InChI is InChI=1S/C24H22F3N5O3/c25-24(26,27)35-21-12-7-18(8-13-21)9-14-23-28-19(16-34-23)15-33-20-10-5-17(6-11-20)3-1-2-4-22-29-31-32-30-22/h5-14,16H,1-4,15H2,(H,29,30,31,32). The van der Waals surface area contributed by atoms with Gasteiger partial charge in [-0.1, -0.05) is 29.5 Å². The van der Waals surface area contributed by atoms with Gasteiger partial charge in [0.25, 0.3) is 0 Å². The first kappa shape index (κ1) is 24.0. The molecule has 182 valence electrons. The highest BCUT2D eigenvalue weighted by Gasteiger charge is 2.30. The van der Waals surface area contributed by atoms with Gasteiger partial charge in [-0.25, -0.2) is 4.98 Å². The minimum atomic E-state index is -4.71. The highest BCUT2D eigenvalue weighted by Crippen LogP contribution is 2.23. The van der Waals surface area contributed by atoms with Crippen molar-refractivity contribution in [3.05, 3.63) is 83.3 Å². The van der Waals surface area contributed by atoms with Gasteiger partial charge in [0.2, 0.25) is 5.89 Å². The number of nitrogens with zero attached hydrogens (tertiary/aromatic N) is 4. The number of rotatable bonds is 11. The molecule has 2 aromatic carbocycles. The lowest BCUT2D eigenvalue weighted by atomic mass is 10.1. The molecule has 0 unspecified atom stereocenters. The molecule has 4 aromatic rings. The molecule has 0 saturated carbocycles. The first-order valence-corrected chi connectivity index (χ1v) is 10.9. The number of aryl methyl sites for hydroxylation is 2. The van der Waals surface area contributed by atoms with Crippen LogP contribution in [-0.4, -0.2) is 32.0 Å². The van der Waals surface area contributed by atoms with Crippen molar-refractivity contribution in [2.45, 2.75) is 38.7 Å². The zero-order chi connectivity index (χ0) is 24.5. The molecule has 2 aromatic heterocycles. The minimum absolute atomic E-state index is 0.241. The molecule has 0 aliphatic carbocycles. The fraction of sp³-hybridized carbons (Fsp3) is 0.250. The highest BCUT2D eigenvalue weighted by atomic mass is 19.4. The van der Waals surface area contributed by atoms with Gasteiger partial charge >= 0.3 is 6.36 Å². The van der Waals surface area contributed by atoms with Gasteiger partial charge in [-0.05, 0) is 60.7 Å². The van der Waals surface area contributed by atoms with Crippen LogP contribution in [0, 0.1) is 0 Å². The van der Waals surface area contributed by atoms with Gasteiger partial charge in [-0.2, -0.15) is 5.21 Å². The summed E-state index contributed by atoms with van der Waals surface area (Å²) in [7, 11) is 0. The first-order chi connectivity index (χ1) is 16.9. The Labute approximate surface area is 198 Å². The number of hydrogen-bond donors (Lipinski definition) is 1. The van der Waals surface area contributed by atoms with Crippen molar-refractivity contribution in [3.8, 4) is 11.5 Å². The van der Waals surface area contributed by atoms with Crippen LogP contribution in [0.1, 0.15) is 41.4 Å². The zero-order valence-electron chi connectivity index (χ0n) is 18.5. The van der Waals surface area contributed by atoms with Gasteiger partial charge in [0.1, 0.15) is 30.1 Å². The maximum atomic E-state index is 12.2. The van der Waals surface area contributed by atoms with Crippen LogP contribution in [0.4, 0.5) is 13.2 Å². The molecule has 0 aliphatic rings. The number of H-pyrrole nitrogens is 1. The van der Waals surface area contributed by atoms with Crippen molar-refractivity contribution in [3.63, 3.8) is 0 Å². The molecule has 1 N–H and O–H groups in total. The van der Waals surface area contributed by atoms with Gasteiger partial charge in [0.15, 0.2) is 5.82 Å². The SMILES string of the molecule is FC(F)(F)Oc1ccc(C=Cc2nc(COc3ccc(CCCCc4nn[nH]n4)cc3)co2)cc1.